The number of methoxy groups -OCH3 is 1. The van der Waals surface area contributed by atoms with Gasteiger partial charge in [-0.3, -0.25) is 4.79 Å². The van der Waals surface area contributed by atoms with Gasteiger partial charge in [-0.2, -0.15) is 0 Å². The molecule has 0 fully saturated rings. The number of carbonyl (C=O) groups excluding carboxylic acids is 1. The summed E-state index contributed by atoms with van der Waals surface area (Å²) in [6, 6.07) is 0. The van der Waals surface area contributed by atoms with Crippen LogP contribution in [0, 0.1) is 5.92 Å². The van der Waals surface area contributed by atoms with Crippen molar-refractivity contribution in [3.8, 4) is 0 Å². The molecule has 4 heteroatoms. The second-order valence-corrected chi connectivity index (χ2v) is 3.52. The molecule has 1 atom stereocenters. The number of nitrogens with two attached hydrogens (primary N) is 1. The lowest BCUT2D eigenvalue weighted by Crippen LogP contribution is -2.36. The molecular weight excluding hydrogens is 180 g/mol. The molecule has 0 saturated carbocycles. The molecule has 0 bridgehead atoms. The first kappa shape index (κ1) is 13.4. The van der Waals surface area contributed by atoms with E-state index in [0.29, 0.717) is 25.5 Å². The second-order valence-electron chi connectivity index (χ2n) is 3.52. The quantitative estimate of drug-likeness (QED) is 0.653. The predicted molar refractivity (Wildman–Crippen MR) is 57.0 cm³/mol. The molecule has 0 saturated heterocycles. The first-order valence-electron chi connectivity index (χ1n) is 5.12. The molecule has 4 nitrogen and oxygen atoms in total. The van der Waals surface area contributed by atoms with Crippen LogP contribution in [0.3, 0.4) is 0 Å². The molecular formula is C10H22N2O2. The molecule has 0 aromatic carbocycles. The van der Waals surface area contributed by atoms with E-state index in [2.05, 4.69) is 0 Å². The number of nitrogens with zero attached hydrogens (tertiary/aromatic N) is 1. The van der Waals surface area contributed by atoms with E-state index < -0.39 is 0 Å². The molecule has 0 aromatic rings. The summed E-state index contributed by atoms with van der Waals surface area (Å²) >= 11 is 0. The Morgan fingerprint density at radius 1 is 1.57 bits per heavy atom. The molecule has 0 aliphatic heterocycles. The Hall–Kier alpha value is -0.610. The average molecular weight is 202 g/mol. The third-order valence-electron chi connectivity index (χ3n) is 2.19. The third-order valence-corrected chi connectivity index (χ3v) is 2.19. The predicted octanol–water partition coefficient (Wildman–Crippen LogP) is 0.466. The molecule has 0 heterocycles. The monoisotopic (exact) mass is 202 g/mol. The summed E-state index contributed by atoms with van der Waals surface area (Å²) < 4.78 is 4.87. The average Bonchev–Trinajstić information content (AvgIpc) is 2.21. The van der Waals surface area contributed by atoms with Crippen LogP contribution in [-0.4, -0.2) is 44.2 Å². The van der Waals surface area contributed by atoms with Gasteiger partial charge in [0.25, 0.3) is 0 Å². The van der Waals surface area contributed by atoms with Crippen molar-refractivity contribution in [2.45, 2.75) is 20.3 Å². The summed E-state index contributed by atoms with van der Waals surface area (Å²) in [7, 11) is 1.60. The Labute approximate surface area is 86.4 Å². The van der Waals surface area contributed by atoms with Crippen LogP contribution in [0.15, 0.2) is 0 Å². The van der Waals surface area contributed by atoms with Crippen molar-refractivity contribution in [1.82, 2.24) is 4.90 Å². The molecule has 0 aromatic heterocycles. The number of hydrogen-bond acceptors (Lipinski definition) is 3. The van der Waals surface area contributed by atoms with Crippen LogP contribution < -0.4 is 5.73 Å². The van der Waals surface area contributed by atoms with Crippen LogP contribution in [-0.2, 0) is 9.53 Å². The summed E-state index contributed by atoms with van der Waals surface area (Å²) in [5, 5.41) is 0. The maximum absolute atomic E-state index is 11.6. The Morgan fingerprint density at radius 2 is 2.21 bits per heavy atom. The summed E-state index contributed by atoms with van der Waals surface area (Å²) in [6.45, 7) is 6.63. The Balaban J connectivity index is 3.92. The van der Waals surface area contributed by atoms with Crippen LogP contribution in [0.25, 0.3) is 0 Å². The SMILES string of the molecule is CCN(CC(C)CN)C(=O)CCOC. The van der Waals surface area contributed by atoms with Gasteiger partial charge in [0.05, 0.1) is 13.0 Å². The van der Waals surface area contributed by atoms with E-state index in [1.54, 1.807) is 7.11 Å². The zero-order valence-corrected chi connectivity index (χ0v) is 9.45. The van der Waals surface area contributed by atoms with Gasteiger partial charge >= 0.3 is 0 Å². The number of rotatable bonds is 7. The fourth-order valence-corrected chi connectivity index (χ4v) is 1.21. The molecule has 1 amide bonds. The first-order chi connectivity index (χ1) is 6.65. The zero-order valence-electron chi connectivity index (χ0n) is 9.45. The molecule has 0 radical (unpaired) electrons. The molecule has 0 aliphatic carbocycles. The van der Waals surface area contributed by atoms with Gasteiger partial charge in [0.15, 0.2) is 0 Å². The van der Waals surface area contributed by atoms with Gasteiger partial charge in [-0.05, 0) is 19.4 Å². The van der Waals surface area contributed by atoms with Gasteiger partial charge in [0, 0.05) is 20.2 Å². The number of hydrogen-bond donors (Lipinski definition) is 1. The number of amides is 1. The minimum absolute atomic E-state index is 0.148. The normalized spacial score (nSPS) is 12.6. The van der Waals surface area contributed by atoms with E-state index >= 15 is 0 Å². The summed E-state index contributed by atoms with van der Waals surface area (Å²) in [5.41, 5.74) is 5.51. The van der Waals surface area contributed by atoms with Gasteiger partial charge in [-0.15, -0.1) is 0 Å². The maximum atomic E-state index is 11.6. The van der Waals surface area contributed by atoms with E-state index in [9.17, 15) is 4.79 Å². The van der Waals surface area contributed by atoms with Crippen molar-refractivity contribution in [2.75, 3.05) is 33.4 Å². The second kappa shape index (κ2) is 7.76. The molecule has 0 aliphatic rings. The fraction of sp³-hybridized carbons (Fsp3) is 0.900. The van der Waals surface area contributed by atoms with Gasteiger partial charge in [-0.1, -0.05) is 6.92 Å². The van der Waals surface area contributed by atoms with Gasteiger partial charge < -0.3 is 15.4 Å². The molecule has 1 unspecified atom stereocenters. The van der Waals surface area contributed by atoms with Gasteiger partial charge in [0.1, 0.15) is 0 Å². The fourth-order valence-electron chi connectivity index (χ4n) is 1.21. The lowest BCUT2D eigenvalue weighted by Gasteiger charge is -2.23. The van der Waals surface area contributed by atoms with Crippen LogP contribution in [0.4, 0.5) is 0 Å². The van der Waals surface area contributed by atoms with Crippen molar-refractivity contribution in [3.05, 3.63) is 0 Å². The third kappa shape index (κ3) is 5.19. The van der Waals surface area contributed by atoms with E-state index in [-0.39, 0.29) is 5.91 Å². The highest BCUT2D eigenvalue weighted by atomic mass is 16.5. The van der Waals surface area contributed by atoms with Crippen molar-refractivity contribution in [3.63, 3.8) is 0 Å². The first-order valence-corrected chi connectivity index (χ1v) is 5.12. The Kier molecular flexibility index (Phi) is 7.42. The molecule has 0 rings (SSSR count). The Bertz CT molecular complexity index is 162. The van der Waals surface area contributed by atoms with Crippen LogP contribution in [0.1, 0.15) is 20.3 Å². The van der Waals surface area contributed by atoms with Crippen LogP contribution >= 0.6 is 0 Å². The largest absolute Gasteiger partial charge is 0.384 e. The summed E-state index contributed by atoms with van der Waals surface area (Å²) in [4.78, 5) is 13.4. The number of ether oxygens (including phenoxy) is 1. The molecule has 2 N–H and O–H groups in total. The molecule has 84 valence electrons. The number of carbonyl (C=O) groups is 1. The van der Waals surface area contributed by atoms with Crippen LogP contribution in [0.5, 0.6) is 0 Å². The van der Waals surface area contributed by atoms with Crippen molar-refractivity contribution < 1.29 is 9.53 Å². The Morgan fingerprint density at radius 3 is 2.64 bits per heavy atom. The summed E-state index contributed by atoms with van der Waals surface area (Å²) in [6.07, 6.45) is 0.460. The van der Waals surface area contributed by atoms with Gasteiger partial charge in [0.2, 0.25) is 5.91 Å². The van der Waals surface area contributed by atoms with Crippen molar-refractivity contribution >= 4 is 5.91 Å². The highest BCUT2D eigenvalue weighted by Gasteiger charge is 2.13. The highest BCUT2D eigenvalue weighted by Crippen LogP contribution is 2.00. The smallest absolute Gasteiger partial charge is 0.224 e. The molecule has 14 heavy (non-hydrogen) atoms. The maximum Gasteiger partial charge on any atom is 0.224 e. The van der Waals surface area contributed by atoms with Gasteiger partial charge in [-0.25, -0.2) is 0 Å². The molecule has 0 spiro atoms. The lowest BCUT2D eigenvalue weighted by molar-refractivity contribution is -0.132. The van der Waals surface area contributed by atoms with Crippen molar-refractivity contribution in [2.24, 2.45) is 11.7 Å². The van der Waals surface area contributed by atoms with E-state index in [0.717, 1.165) is 13.1 Å². The van der Waals surface area contributed by atoms with E-state index in [1.165, 1.54) is 0 Å². The zero-order chi connectivity index (χ0) is 11.0. The minimum Gasteiger partial charge on any atom is -0.384 e. The van der Waals surface area contributed by atoms with Crippen LogP contribution in [0.2, 0.25) is 0 Å². The van der Waals surface area contributed by atoms with E-state index in [1.807, 2.05) is 18.7 Å². The summed E-state index contributed by atoms with van der Waals surface area (Å²) in [5.74, 6) is 0.510. The topological polar surface area (TPSA) is 55.6 Å². The van der Waals surface area contributed by atoms with E-state index in [4.69, 9.17) is 10.5 Å². The standard InChI is InChI=1S/C10H22N2O2/c1-4-12(8-9(2)7-11)10(13)5-6-14-3/h9H,4-8,11H2,1-3H3. The lowest BCUT2D eigenvalue weighted by atomic mass is 10.1. The van der Waals surface area contributed by atoms with Crippen molar-refractivity contribution in [1.29, 1.82) is 0 Å². The minimum atomic E-state index is 0.148. The highest BCUT2D eigenvalue weighted by molar-refractivity contribution is 5.76.